The molecule has 2 atom stereocenters. The molecular weight excluding hydrogens is 208 g/mol. The molecule has 2 nitrogen and oxygen atoms in total. The second-order valence-corrected chi connectivity index (χ2v) is 6.33. The summed E-state index contributed by atoms with van der Waals surface area (Å²) in [5.74, 6) is 0. The van der Waals surface area contributed by atoms with Crippen molar-refractivity contribution in [2.45, 2.75) is 83.3 Å². The average molecular weight is 238 g/mol. The van der Waals surface area contributed by atoms with Gasteiger partial charge in [-0.15, -0.1) is 0 Å². The Labute approximate surface area is 107 Å². The van der Waals surface area contributed by atoms with E-state index in [0.717, 1.165) is 12.1 Å². The number of nitrogens with zero attached hydrogens (tertiary/aromatic N) is 1. The van der Waals surface area contributed by atoms with Gasteiger partial charge in [-0.2, -0.15) is 0 Å². The Morgan fingerprint density at radius 3 is 2.76 bits per heavy atom. The Kier molecular flexibility index (Phi) is 4.48. The predicted molar refractivity (Wildman–Crippen MR) is 74.4 cm³/mol. The highest BCUT2D eigenvalue weighted by Gasteiger charge is 2.34. The maximum absolute atomic E-state index is 3.77. The summed E-state index contributed by atoms with van der Waals surface area (Å²) >= 11 is 0. The summed E-state index contributed by atoms with van der Waals surface area (Å²) in [4.78, 5) is 2.72. The molecule has 1 N–H and O–H groups in total. The number of nitrogens with one attached hydrogen (secondary N) is 1. The minimum atomic E-state index is 0.491. The minimum absolute atomic E-state index is 0.491. The maximum Gasteiger partial charge on any atom is 0.0180 e. The monoisotopic (exact) mass is 238 g/mol. The summed E-state index contributed by atoms with van der Waals surface area (Å²) in [6.07, 6.45) is 9.72. The molecule has 0 saturated carbocycles. The molecule has 2 unspecified atom stereocenters. The highest BCUT2D eigenvalue weighted by atomic mass is 15.2. The second kappa shape index (κ2) is 5.71. The van der Waals surface area contributed by atoms with Crippen LogP contribution in [0.15, 0.2) is 0 Å². The van der Waals surface area contributed by atoms with Crippen molar-refractivity contribution < 1.29 is 0 Å². The van der Waals surface area contributed by atoms with Crippen LogP contribution >= 0.6 is 0 Å². The third kappa shape index (κ3) is 3.03. The molecule has 2 saturated heterocycles. The fraction of sp³-hybridized carbons (Fsp3) is 1.00. The molecule has 0 aliphatic carbocycles. The second-order valence-electron chi connectivity index (χ2n) is 6.33. The molecule has 0 aromatic heterocycles. The number of hydrogen-bond donors (Lipinski definition) is 1. The zero-order valence-electron chi connectivity index (χ0n) is 12.0. The zero-order chi connectivity index (χ0) is 12.3. The first kappa shape index (κ1) is 13.4. The summed E-state index contributed by atoms with van der Waals surface area (Å²) in [6, 6.07) is 1.59. The SMILES string of the molecule is CCC1(CCC2CCCN2C(C)C)CCCN1. The van der Waals surface area contributed by atoms with E-state index >= 15 is 0 Å². The molecule has 17 heavy (non-hydrogen) atoms. The predicted octanol–water partition coefficient (Wildman–Crippen LogP) is 3.17. The van der Waals surface area contributed by atoms with Crippen LogP contribution in [0, 0.1) is 0 Å². The lowest BCUT2D eigenvalue weighted by Gasteiger charge is -2.33. The first-order chi connectivity index (χ1) is 8.17. The summed E-state index contributed by atoms with van der Waals surface area (Å²) < 4.78 is 0. The molecule has 2 heterocycles. The van der Waals surface area contributed by atoms with Crippen LogP contribution in [0.3, 0.4) is 0 Å². The molecule has 0 radical (unpaired) electrons. The van der Waals surface area contributed by atoms with E-state index in [1.807, 2.05) is 0 Å². The van der Waals surface area contributed by atoms with E-state index in [-0.39, 0.29) is 0 Å². The number of rotatable bonds is 5. The molecule has 2 aliphatic heterocycles. The van der Waals surface area contributed by atoms with Crippen LogP contribution in [-0.2, 0) is 0 Å². The van der Waals surface area contributed by atoms with Crippen LogP contribution in [0.25, 0.3) is 0 Å². The van der Waals surface area contributed by atoms with E-state index in [1.165, 1.54) is 58.0 Å². The van der Waals surface area contributed by atoms with Crippen molar-refractivity contribution in [3.63, 3.8) is 0 Å². The summed E-state index contributed by atoms with van der Waals surface area (Å²) in [6.45, 7) is 9.62. The topological polar surface area (TPSA) is 15.3 Å². The molecule has 2 heteroatoms. The molecule has 2 fully saturated rings. The summed E-state index contributed by atoms with van der Waals surface area (Å²) in [5.41, 5.74) is 0.491. The third-order valence-corrected chi connectivity index (χ3v) is 5.05. The highest BCUT2D eigenvalue weighted by Crippen LogP contribution is 2.32. The largest absolute Gasteiger partial charge is 0.311 e. The van der Waals surface area contributed by atoms with E-state index in [4.69, 9.17) is 0 Å². The van der Waals surface area contributed by atoms with E-state index < -0.39 is 0 Å². The van der Waals surface area contributed by atoms with Crippen LogP contribution < -0.4 is 5.32 Å². The number of likely N-dealkylation sites (tertiary alicyclic amines) is 1. The van der Waals surface area contributed by atoms with Crippen molar-refractivity contribution in [2.24, 2.45) is 0 Å². The molecule has 100 valence electrons. The van der Waals surface area contributed by atoms with E-state index in [2.05, 4.69) is 31.0 Å². The van der Waals surface area contributed by atoms with E-state index in [9.17, 15) is 0 Å². The Morgan fingerprint density at radius 2 is 2.18 bits per heavy atom. The van der Waals surface area contributed by atoms with Gasteiger partial charge in [0, 0.05) is 17.6 Å². The molecular formula is C15H30N2. The number of hydrogen-bond acceptors (Lipinski definition) is 2. The van der Waals surface area contributed by atoms with Crippen LogP contribution in [0.4, 0.5) is 0 Å². The Balaban J connectivity index is 1.84. The third-order valence-electron chi connectivity index (χ3n) is 5.05. The smallest absolute Gasteiger partial charge is 0.0180 e. The van der Waals surface area contributed by atoms with Gasteiger partial charge in [0.2, 0.25) is 0 Å². The fourth-order valence-corrected chi connectivity index (χ4v) is 3.85. The van der Waals surface area contributed by atoms with Crippen molar-refractivity contribution in [3.8, 4) is 0 Å². The van der Waals surface area contributed by atoms with Gasteiger partial charge in [-0.3, -0.25) is 4.90 Å². The Hall–Kier alpha value is -0.0800. The van der Waals surface area contributed by atoms with Gasteiger partial charge in [-0.25, -0.2) is 0 Å². The van der Waals surface area contributed by atoms with E-state index in [0.29, 0.717) is 5.54 Å². The first-order valence-electron chi connectivity index (χ1n) is 7.68. The molecule has 2 aliphatic rings. The lowest BCUT2D eigenvalue weighted by molar-refractivity contribution is 0.178. The summed E-state index contributed by atoms with van der Waals surface area (Å²) in [5, 5.41) is 3.77. The van der Waals surface area contributed by atoms with Crippen LogP contribution in [0.5, 0.6) is 0 Å². The van der Waals surface area contributed by atoms with Gasteiger partial charge in [0.1, 0.15) is 0 Å². The van der Waals surface area contributed by atoms with Crippen molar-refractivity contribution in [1.29, 1.82) is 0 Å². The fourth-order valence-electron chi connectivity index (χ4n) is 3.85. The first-order valence-corrected chi connectivity index (χ1v) is 7.68. The van der Waals surface area contributed by atoms with Gasteiger partial charge in [0.25, 0.3) is 0 Å². The van der Waals surface area contributed by atoms with Gasteiger partial charge in [-0.1, -0.05) is 6.92 Å². The standard InChI is InChI=1S/C15H30N2/c1-4-15(9-6-11-16-15)10-8-14-7-5-12-17(14)13(2)3/h13-14,16H,4-12H2,1-3H3. The van der Waals surface area contributed by atoms with Gasteiger partial charge >= 0.3 is 0 Å². The lowest BCUT2D eigenvalue weighted by atomic mass is 9.87. The molecule has 0 aromatic carbocycles. The Morgan fingerprint density at radius 1 is 1.35 bits per heavy atom. The van der Waals surface area contributed by atoms with Gasteiger partial charge < -0.3 is 5.32 Å². The quantitative estimate of drug-likeness (QED) is 0.791. The average Bonchev–Trinajstić information content (AvgIpc) is 2.96. The van der Waals surface area contributed by atoms with Crippen LogP contribution in [0.2, 0.25) is 0 Å². The van der Waals surface area contributed by atoms with Crippen molar-refractivity contribution in [2.75, 3.05) is 13.1 Å². The van der Waals surface area contributed by atoms with Crippen molar-refractivity contribution in [3.05, 3.63) is 0 Å². The van der Waals surface area contributed by atoms with Crippen LogP contribution in [0.1, 0.15) is 65.7 Å². The van der Waals surface area contributed by atoms with Crippen molar-refractivity contribution >= 4 is 0 Å². The Bertz CT molecular complexity index is 231. The van der Waals surface area contributed by atoms with Gasteiger partial charge in [0.05, 0.1) is 0 Å². The maximum atomic E-state index is 3.77. The molecule has 0 aromatic rings. The molecule has 0 amide bonds. The van der Waals surface area contributed by atoms with E-state index in [1.54, 1.807) is 0 Å². The molecule has 0 spiro atoms. The lowest BCUT2D eigenvalue weighted by Crippen LogP contribution is -2.42. The van der Waals surface area contributed by atoms with Crippen LogP contribution in [-0.4, -0.2) is 35.6 Å². The normalized spacial score (nSPS) is 34.9. The van der Waals surface area contributed by atoms with Gasteiger partial charge in [-0.05, 0) is 71.9 Å². The highest BCUT2D eigenvalue weighted by molar-refractivity contribution is 4.94. The van der Waals surface area contributed by atoms with Crippen molar-refractivity contribution in [1.82, 2.24) is 10.2 Å². The zero-order valence-corrected chi connectivity index (χ0v) is 12.0. The molecule has 2 rings (SSSR count). The van der Waals surface area contributed by atoms with Gasteiger partial charge in [0.15, 0.2) is 0 Å². The minimum Gasteiger partial charge on any atom is -0.311 e. The molecule has 0 bridgehead atoms. The summed E-state index contributed by atoms with van der Waals surface area (Å²) in [7, 11) is 0.